The first kappa shape index (κ1) is 18.4. The van der Waals surface area contributed by atoms with E-state index in [1.807, 2.05) is 43.1 Å². The van der Waals surface area contributed by atoms with Crippen LogP contribution < -0.4 is 10.1 Å². The normalized spacial score (nSPS) is 12.0. The van der Waals surface area contributed by atoms with Crippen LogP contribution in [0.2, 0.25) is 0 Å². The first-order valence-corrected chi connectivity index (χ1v) is 8.40. The number of hydrogen-bond donors (Lipinski definition) is 1. The van der Waals surface area contributed by atoms with E-state index in [1.54, 1.807) is 18.2 Å². The van der Waals surface area contributed by atoms with Crippen molar-refractivity contribution in [2.75, 3.05) is 25.5 Å². The zero-order valence-corrected chi connectivity index (χ0v) is 15.2. The molecule has 128 valence electrons. The molecule has 0 saturated carbocycles. The molecule has 0 heterocycles. The van der Waals surface area contributed by atoms with Crippen LogP contribution in [0.15, 0.2) is 53.0 Å². The zero-order valence-electron chi connectivity index (χ0n) is 13.6. The molecule has 2 rings (SSSR count). The van der Waals surface area contributed by atoms with Gasteiger partial charge in [0.25, 0.3) is 0 Å². The van der Waals surface area contributed by atoms with E-state index in [1.165, 1.54) is 6.07 Å². The van der Waals surface area contributed by atoms with Gasteiger partial charge in [0.1, 0.15) is 6.61 Å². The summed E-state index contributed by atoms with van der Waals surface area (Å²) in [6.07, 6.45) is 0. The molecule has 2 aromatic rings. The van der Waals surface area contributed by atoms with Gasteiger partial charge < -0.3 is 10.1 Å². The standard InChI is InChI=1S/C18H20BrFN2O2/c1-13(18(23)21-15-7-5-6-14(19)12-15)22(2)10-11-24-17-9-4-3-8-16(17)20/h3-9,12-13H,10-11H2,1-2H3,(H,21,23). The molecule has 0 bridgehead atoms. The van der Waals surface area contributed by atoms with Crippen LogP contribution >= 0.6 is 15.9 Å². The highest BCUT2D eigenvalue weighted by molar-refractivity contribution is 9.10. The van der Waals surface area contributed by atoms with E-state index >= 15 is 0 Å². The second kappa shape index (κ2) is 8.80. The van der Waals surface area contributed by atoms with Crippen LogP contribution in [0.25, 0.3) is 0 Å². The lowest BCUT2D eigenvalue weighted by Gasteiger charge is -2.24. The van der Waals surface area contributed by atoms with Crippen LogP contribution in [-0.2, 0) is 4.79 Å². The first-order chi connectivity index (χ1) is 11.5. The van der Waals surface area contributed by atoms with Gasteiger partial charge in [0, 0.05) is 16.7 Å². The Balaban J connectivity index is 1.82. The number of nitrogens with zero attached hydrogens (tertiary/aromatic N) is 1. The molecule has 0 radical (unpaired) electrons. The maximum atomic E-state index is 13.5. The number of benzene rings is 2. The van der Waals surface area contributed by atoms with Crippen molar-refractivity contribution < 1.29 is 13.9 Å². The quantitative estimate of drug-likeness (QED) is 0.773. The van der Waals surface area contributed by atoms with Crippen LogP contribution in [0.5, 0.6) is 5.75 Å². The van der Waals surface area contributed by atoms with Gasteiger partial charge in [0.2, 0.25) is 5.91 Å². The van der Waals surface area contributed by atoms with Crippen LogP contribution in [0.1, 0.15) is 6.92 Å². The molecule has 0 aromatic heterocycles. The summed E-state index contributed by atoms with van der Waals surface area (Å²) in [5, 5.41) is 2.87. The highest BCUT2D eigenvalue weighted by atomic mass is 79.9. The van der Waals surface area contributed by atoms with Gasteiger partial charge in [-0.3, -0.25) is 9.69 Å². The number of para-hydroxylation sites is 1. The van der Waals surface area contributed by atoms with Crippen molar-refractivity contribution in [2.45, 2.75) is 13.0 Å². The summed E-state index contributed by atoms with van der Waals surface area (Å²) in [4.78, 5) is 14.1. The number of anilines is 1. The third-order valence-electron chi connectivity index (χ3n) is 3.67. The summed E-state index contributed by atoms with van der Waals surface area (Å²) in [6.45, 7) is 2.61. The summed E-state index contributed by atoms with van der Waals surface area (Å²) in [5.74, 6) is -0.278. The van der Waals surface area contributed by atoms with Gasteiger partial charge in [0.15, 0.2) is 11.6 Å². The predicted octanol–water partition coefficient (Wildman–Crippen LogP) is 3.93. The van der Waals surface area contributed by atoms with E-state index in [2.05, 4.69) is 21.2 Å². The van der Waals surface area contributed by atoms with Gasteiger partial charge in [-0.15, -0.1) is 0 Å². The highest BCUT2D eigenvalue weighted by Crippen LogP contribution is 2.17. The molecule has 0 saturated heterocycles. The molecular formula is C18H20BrFN2O2. The van der Waals surface area contributed by atoms with Crippen LogP contribution in [0, 0.1) is 5.82 Å². The Bertz CT molecular complexity index is 696. The molecule has 2 aromatic carbocycles. The summed E-state index contributed by atoms with van der Waals surface area (Å²) in [5.41, 5.74) is 0.734. The summed E-state index contributed by atoms with van der Waals surface area (Å²) >= 11 is 3.37. The fraction of sp³-hybridized carbons (Fsp3) is 0.278. The Morgan fingerprint density at radius 1 is 1.29 bits per heavy atom. The van der Waals surface area contributed by atoms with Crippen LogP contribution in [0.3, 0.4) is 0 Å². The van der Waals surface area contributed by atoms with Gasteiger partial charge >= 0.3 is 0 Å². The largest absolute Gasteiger partial charge is 0.489 e. The Hall–Kier alpha value is -1.92. The molecule has 0 fully saturated rings. The Kier molecular flexibility index (Phi) is 6.75. The van der Waals surface area contributed by atoms with E-state index in [4.69, 9.17) is 4.74 Å². The number of ether oxygens (including phenoxy) is 1. The Labute approximate surface area is 149 Å². The van der Waals surface area contributed by atoms with Crippen molar-refractivity contribution in [1.82, 2.24) is 4.90 Å². The SMILES string of the molecule is CC(C(=O)Nc1cccc(Br)c1)N(C)CCOc1ccccc1F. The smallest absolute Gasteiger partial charge is 0.241 e. The molecule has 24 heavy (non-hydrogen) atoms. The Morgan fingerprint density at radius 2 is 2.04 bits per heavy atom. The average molecular weight is 395 g/mol. The molecule has 6 heteroatoms. The van der Waals surface area contributed by atoms with Gasteiger partial charge in [-0.05, 0) is 44.3 Å². The minimum Gasteiger partial charge on any atom is -0.489 e. The van der Waals surface area contributed by atoms with Crippen molar-refractivity contribution >= 4 is 27.5 Å². The van der Waals surface area contributed by atoms with Crippen molar-refractivity contribution in [3.05, 3.63) is 58.8 Å². The molecule has 1 unspecified atom stereocenters. The predicted molar refractivity (Wildman–Crippen MR) is 96.8 cm³/mol. The second-order valence-electron chi connectivity index (χ2n) is 5.44. The van der Waals surface area contributed by atoms with Gasteiger partial charge in [-0.2, -0.15) is 0 Å². The molecule has 0 aliphatic rings. The minimum absolute atomic E-state index is 0.110. The number of carbonyl (C=O) groups is 1. The van der Waals surface area contributed by atoms with Crippen molar-refractivity contribution in [3.63, 3.8) is 0 Å². The molecule has 4 nitrogen and oxygen atoms in total. The molecule has 0 aliphatic heterocycles. The summed E-state index contributed by atoms with van der Waals surface area (Å²) in [7, 11) is 1.83. The van der Waals surface area contributed by atoms with Crippen LogP contribution in [0.4, 0.5) is 10.1 Å². The molecule has 1 amide bonds. The van der Waals surface area contributed by atoms with E-state index in [0.29, 0.717) is 13.2 Å². The average Bonchev–Trinajstić information content (AvgIpc) is 2.55. The van der Waals surface area contributed by atoms with Crippen molar-refractivity contribution in [2.24, 2.45) is 0 Å². The third-order valence-corrected chi connectivity index (χ3v) is 4.16. The van der Waals surface area contributed by atoms with Crippen molar-refractivity contribution in [1.29, 1.82) is 0 Å². The van der Waals surface area contributed by atoms with E-state index in [0.717, 1.165) is 10.2 Å². The second-order valence-corrected chi connectivity index (χ2v) is 6.35. The Morgan fingerprint density at radius 3 is 2.75 bits per heavy atom. The lowest BCUT2D eigenvalue weighted by atomic mass is 10.2. The lowest BCUT2D eigenvalue weighted by molar-refractivity contribution is -0.120. The summed E-state index contributed by atoms with van der Waals surface area (Å²) in [6, 6.07) is 13.3. The maximum Gasteiger partial charge on any atom is 0.241 e. The molecule has 0 spiro atoms. The maximum absolute atomic E-state index is 13.5. The van der Waals surface area contributed by atoms with Gasteiger partial charge in [0.05, 0.1) is 6.04 Å². The lowest BCUT2D eigenvalue weighted by Crippen LogP contribution is -2.41. The molecule has 1 N–H and O–H groups in total. The molecular weight excluding hydrogens is 375 g/mol. The topological polar surface area (TPSA) is 41.6 Å². The molecule has 1 atom stereocenters. The zero-order chi connectivity index (χ0) is 17.5. The van der Waals surface area contributed by atoms with E-state index < -0.39 is 0 Å². The molecule has 0 aliphatic carbocycles. The number of hydrogen-bond acceptors (Lipinski definition) is 3. The third kappa shape index (κ3) is 5.32. The van der Waals surface area contributed by atoms with Crippen molar-refractivity contribution in [3.8, 4) is 5.75 Å². The number of halogens is 2. The fourth-order valence-corrected chi connectivity index (χ4v) is 2.47. The number of amides is 1. The van der Waals surface area contributed by atoms with Crippen LogP contribution in [-0.4, -0.2) is 37.0 Å². The monoisotopic (exact) mass is 394 g/mol. The highest BCUT2D eigenvalue weighted by Gasteiger charge is 2.18. The number of likely N-dealkylation sites (N-methyl/N-ethyl adjacent to an activating group) is 1. The van der Waals surface area contributed by atoms with E-state index in [9.17, 15) is 9.18 Å². The number of nitrogens with one attached hydrogen (secondary N) is 1. The number of rotatable bonds is 7. The minimum atomic E-state index is -0.388. The fourth-order valence-electron chi connectivity index (χ4n) is 2.07. The van der Waals surface area contributed by atoms with E-state index in [-0.39, 0.29) is 23.5 Å². The summed E-state index contributed by atoms with van der Waals surface area (Å²) < 4.78 is 19.8. The van der Waals surface area contributed by atoms with Gasteiger partial charge in [-0.1, -0.05) is 34.1 Å². The number of carbonyl (C=O) groups excluding carboxylic acids is 1. The first-order valence-electron chi connectivity index (χ1n) is 7.61. The van der Waals surface area contributed by atoms with Gasteiger partial charge in [-0.25, -0.2) is 4.39 Å².